The zero-order valence-corrected chi connectivity index (χ0v) is 21.4. The lowest BCUT2D eigenvalue weighted by Crippen LogP contribution is -2.41. The maximum atomic E-state index is 12.4. The predicted octanol–water partition coefficient (Wildman–Crippen LogP) is 6.78. The number of amides is 1. The van der Waals surface area contributed by atoms with Crippen molar-refractivity contribution in [1.29, 1.82) is 0 Å². The molecule has 1 unspecified atom stereocenters. The molecule has 4 rings (SSSR count). The van der Waals surface area contributed by atoms with E-state index in [1.165, 1.54) is 11.9 Å². The van der Waals surface area contributed by atoms with Crippen LogP contribution in [0.1, 0.15) is 83.1 Å². The SMILES string of the molecule is CC.Cc1cc(C2CCN(C(=O)OC(C)(C)C)CC2)cc2c1OC(C)c1c(Cl)ncnc1N2. The standard InChI is InChI=1S/C23H29ClN4O3.C2H6/c1-13-10-16(15-6-8-28(9-7-15)22(29)31-23(3,4)5)11-17-19(13)30-14(2)18-20(24)25-12-26-21(18)27-17;1-2/h10-12,14-15H,6-9H2,1-5H3,(H,25,26,27);1-2H3. The highest BCUT2D eigenvalue weighted by Gasteiger charge is 2.30. The van der Waals surface area contributed by atoms with Gasteiger partial charge in [0.25, 0.3) is 0 Å². The maximum absolute atomic E-state index is 12.4. The van der Waals surface area contributed by atoms with Gasteiger partial charge in [0.2, 0.25) is 0 Å². The fourth-order valence-electron chi connectivity index (χ4n) is 4.21. The molecule has 1 amide bonds. The maximum Gasteiger partial charge on any atom is 0.410 e. The van der Waals surface area contributed by atoms with Crippen LogP contribution in [0.4, 0.5) is 16.3 Å². The smallest absolute Gasteiger partial charge is 0.410 e. The number of piperidine rings is 1. The average Bonchev–Trinajstić information content (AvgIpc) is 2.91. The summed E-state index contributed by atoms with van der Waals surface area (Å²) in [5, 5.41) is 3.80. The molecular weight excluding hydrogens is 440 g/mol. The molecule has 33 heavy (non-hydrogen) atoms. The highest BCUT2D eigenvalue weighted by molar-refractivity contribution is 6.30. The summed E-state index contributed by atoms with van der Waals surface area (Å²) < 4.78 is 11.8. The van der Waals surface area contributed by atoms with E-state index in [1.54, 1.807) is 4.90 Å². The summed E-state index contributed by atoms with van der Waals surface area (Å²) >= 11 is 6.31. The number of carbonyl (C=O) groups excluding carboxylic acids is 1. The highest BCUT2D eigenvalue weighted by atomic mass is 35.5. The Morgan fingerprint density at radius 2 is 1.88 bits per heavy atom. The molecule has 0 saturated carbocycles. The molecule has 7 nitrogen and oxygen atoms in total. The number of hydrogen-bond acceptors (Lipinski definition) is 6. The number of anilines is 2. The Morgan fingerprint density at radius 3 is 2.52 bits per heavy atom. The van der Waals surface area contributed by atoms with Crippen LogP contribution in [0.3, 0.4) is 0 Å². The number of nitrogens with one attached hydrogen (secondary N) is 1. The first-order valence-corrected chi connectivity index (χ1v) is 12.1. The molecule has 180 valence electrons. The van der Waals surface area contributed by atoms with Crippen molar-refractivity contribution in [2.75, 3.05) is 18.4 Å². The summed E-state index contributed by atoms with van der Waals surface area (Å²) in [5.74, 6) is 1.83. The van der Waals surface area contributed by atoms with Gasteiger partial charge in [0.05, 0.1) is 11.3 Å². The Labute approximate surface area is 201 Å². The van der Waals surface area contributed by atoms with E-state index in [2.05, 4.69) is 34.3 Å². The summed E-state index contributed by atoms with van der Waals surface area (Å²) in [6.07, 6.45) is 2.73. The number of likely N-dealkylation sites (tertiary alicyclic amines) is 1. The third-order valence-corrected chi connectivity index (χ3v) is 6.01. The summed E-state index contributed by atoms with van der Waals surface area (Å²) in [7, 11) is 0. The number of aryl methyl sites for hydroxylation is 1. The molecule has 0 radical (unpaired) electrons. The molecular formula is C25H35ClN4O3. The molecule has 1 N–H and O–H groups in total. The average molecular weight is 475 g/mol. The minimum atomic E-state index is -0.479. The quantitative estimate of drug-likeness (QED) is 0.459. The van der Waals surface area contributed by atoms with Crippen molar-refractivity contribution in [3.8, 4) is 5.75 Å². The highest BCUT2D eigenvalue weighted by Crippen LogP contribution is 2.44. The lowest BCUT2D eigenvalue weighted by molar-refractivity contribution is 0.0205. The van der Waals surface area contributed by atoms with Gasteiger partial charge in [0, 0.05) is 13.1 Å². The van der Waals surface area contributed by atoms with Gasteiger partial charge in [-0.05, 0) is 70.6 Å². The van der Waals surface area contributed by atoms with E-state index >= 15 is 0 Å². The van der Waals surface area contributed by atoms with Gasteiger partial charge in [0.1, 0.15) is 34.8 Å². The number of halogens is 1. The van der Waals surface area contributed by atoms with E-state index in [4.69, 9.17) is 21.1 Å². The topological polar surface area (TPSA) is 76.6 Å². The van der Waals surface area contributed by atoms with Crippen LogP contribution in [0.25, 0.3) is 0 Å². The first-order chi connectivity index (χ1) is 15.6. The summed E-state index contributed by atoms with van der Waals surface area (Å²) in [5.41, 5.74) is 3.44. The molecule has 3 heterocycles. The molecule has 1 fully saturated rings. The Balaban J connectivity index is 0.00000149. The van der Waals surface area contributed by atoms with Crippen LogP contribution < -0.4 is 10.1 Å². The molecule has 1 atom stereocenters. The van der Waals surface area contributed by atoms with E-state index in [0.717, 1.165) is 35.4 Å². The molecule has 1 saturated heterocycles. The van der Waals surface area contributed by atoms with Crippen LogP contribution in [-0.4, -0.2) is 39.7 Å². The van der Waals surface area contributed by atoms with Gasteiger partial charge in [-0.1, -0.05) is 31.5 Å². The summed E-state index contributed by atoms with van der Waals surface area (Å²) in [4.78, 5) is 22.6. The molecule has 0 spiro atoms. The summed E-state index contributed by atoms with van der Waals surface area (Å²) in [6.45, 7) is 15.0. The van der Waals surface area contributed by atoms with Gasteiger partial charge in [-0.25, -0.2) is 14.8 Å². The van der Waals surface area contributed by atoms with Crippen LogP contribution in [0.15, 0.2) is 18.5 Å². The lowest BCUT2D eigenvalue weighted by atomic mass is 9.88. The first kappa shape index (κ1) is 25.1. The van der Waals surface area contributed by atoms with Gasteiger partial charge in [-0.2, -0.15) is 0 Å². The normalized spacial score (nSPS) is 17.9. The number of benzene rings is 1. The van der Waals surface area contributed by atoms with E-state index < -0.39 is 5.60 Å². The fraction of sp³-hybridized carbons (Fsp3) is 0.560. The van der Waals surface area contributed by atoms with Crippen molar-refractivity contribution < 1.29 is 14.3 Å². The first-order valence-electron chi connectivity index (χ1n) is 11.7. The van der Waals surface area contributed by atoms with Gasteiger partial charge >= 0.3 is 6.09 Å². The molecule has 2 aliphatic rings. The predicted molar refractivity (Wildman–Crippen MR) is 132 cm³/mol. The number of carbonyl (C=O) groups is 1. The van der Waals surface area contributed by atoms with Crippen LogP contribution in [0, 0.1) is 6.92 Å². The Morgan fingerprint density at radius 1 is 1.21 bits per heavy atom. The van der Waals surface area contributed by atoms with Crippen molar-refractivity contribution in [1.82, 2.24) is 14.9 Å². The number of nitrogens with zero attached hydrogens (tertiary/aromatic N) is 3. The molecule has 1 aromatic carbocycles. The zero-order chi connectivity index (χ0) is 24.3. The molecule has 1 aromatic heterocycles. The fourth-order valence-corrected chi connectivity index (χ4v) is 4.49. The second-order valence-electron chi connectivity index (χ2n) is 9.27. The third kappa shape index (κ3) is 5.69. The number of fused-ring (bicyclic) bond motifs is 2. The number of hydrogen-bond donors (Lipinski definition) is 1. The van der Waals surface area contributed by atoms with Crippen LogP contribution in [-0.2, 0) is 4.74 Å². The monoisotopic (exact) mass is 474 g/mol. The van der Waals surface area contributed by atoms with Gasteiger partial charge in [-0.3, -0.25) is 0 Å². The minimum Gasteiger partial charge on any atom is -0.483 e. The second-order valence-corrected chi connectivity index (χ2v) is 9.63. The van der Waals surface area contributed by atoms with E-state index in [-0.39, 0.29) is 12.2 Å². The Hall–Kier alpha value is -2.54. The number of ether oxygens (including phenoxy) is 2. The van der Waals surface area contributed by atoms with Crippen molar-refractivity contribution in [3.63, 3.8) is 0 Å². The molecule has 8 heteroatoms. The minimum absolute atomic E-state index is 0.235. The Bertz CT molecular complexity index is 998. The second kappa shape index (κ2) is 10.2. The number of aromatic nitrogens is 2. The lowest BCUT2D eigenvalue weighted by Gasteiger charge is -2.34. The van der Waals surface area contributed by atoms with Crippen molar-refractivity contribution in [2.24, 2.45) is 0 Å². The van der Waals surface area contributed by atoms with E-state index in [0.29, 0.717) is 30.0 Å². The molecule has 2 aliphatic heterocycles. The van der Waals surface area contributed by atoms with Crippen LogP contribution in [0.2, 0.25) is 5.15 Å². The van der Waals surface area contributed by atoms with Crippen molar-refractivity contribution >= 4 is 29.2 Å². The van der Waals surface area contributed by atoms with Crippen molar-refractivity contribution in [2.45, 2.75) is 78.9 Å². The molecule has 0 bridgehead atoms. The van der Waals surface area contributed by atoms with Crippen LogP contribution in [0.5, 0.6) is 5.75 Å². The van der Waals surface area contributed by atoms with Crippen molar-refractivity contribution in [3.05, 3.63) is 40.3 Å². The van der Waals surface area contributed by atoms with Gasteiger partial charge in [0.15, 0.2) is 0 Å². The molecule has 2 aromatic rings. The summed E-state index contributed by atoms with van der Waals surface area (Å²) in [6, 6.07) is 4.32. The number of rotatable bonds is 1. The largest absolute Gasteiger partial charge is 0.483 e. The third-order valence-electron chi connectivity index (χ3n) is 5.70. The van der Waals surface area contributed by atoms with E-state index in [9.17, 15) is 4.79 Å². The Kier molecular flexibility index (Phi) is 7.73. The van der Waals surface area contributed by atoms with E-state index in [1.807, 2.05) is 41.5 Å². The van der Waals surface area contributed by atoms with Gasteiger partial charge in [-0.15, -0.1) is 0 Å². The zero-order valence-electron chi connectivity index (χ0n) is 20.7. The van der Waals surface area contributed by atoms with Gasteiger partial charge < -0.3 is 19.7 Å². The van der Waals surface area contributed by atoms with Crippen LogP contribution >= 0.6 is 11.6 Å². The molecule has 0 aliphatic carbocycles.